The van der Waals surface area contributed by atoms with Gasteiger partial charge in [0.05, 0.1) is 6.61 Å². The minimum atomic E-state index is 0.0694. The van der Waals surface area contributed by atoms with E-state index in [9.17, 15) is 4.79 Å². The van der Waals surface area contributed by atoms with E-state index < -0.39 is 0 Å². The first-order valence-corrected chi connectivity index (χ1v) is 3.24. The van der Waals surface area contributed by atoms with Gasteiger partial charge in [-0.25, -0.2) is 0 Å². The molecule has 0 radical (unpaired) electrons. The van der Waals surface area contributed by atoms with Gasteiger partial charge in [-0.3, -0.25) is 4.79 Å². The Morgan fingerprint density at radius 3 is 2.56 bits per heavy atom. The third-order valence-electron chi connectivity index (χ3n) is 1.31. The van der Waals surface area contributed by atoms with Crippen molar-refractivity contribution in [1.82, 2.24) is 0 Å². The van der Waals surface area contributed by atoms with Crippen molar-refractivity contribution in [2.45, 2.75) is 20.3 Å². The molecule has 0 fully saturated rings. The van der Waals surface area contributed by atoms with Crippen LogP contribution in [0.5, 0.6) is 0 Å². The van der Waals surface area contributed by atoms with Crippen molar-refractivity contribution < 1.29 is 9.53 Å². The van der Waals surface area contributed by atoms with E-state index in [1.165, 1.54) is 0 Å². The quantitative estimate of drug-likeness (QED) is 0.572. The number of methoxy groups -OCH3 is 1. The van der Waals surface area contributed by atoms with Crippen LogP contribution in [0.4, 0.5) is 0 Å². The molecule has 2 nitrogen and oxygen atoms in total. The van der Waals surface area contributed by atoms with Crippen LogP contribution in [-0.2, 0) is 9.53 Å². The van der Waals surface area contributed by atoms with Crippen LogP contribution >= 0.6 is 0 Å². The van der Waals surface area contributed by atoms with Gasteiger partial charge in [-0.2, -0.15) is 0 Å². The van der Waals surface area contributed by atoms with Gasteiger partial charge in [-0.05, 0) is 0 Å². The summed E-state index contributed by atoms with van der Waals surface area (Å²) in [6.07, 6.45) is 0.616. The molecule has 0 aliphatic rings. The lowest BCUT2D eigenvalue weighted by Gasteiger charge is -2.05. The standard InChI is InChI=1S/C7H14O2/c1-4-7(8)6(2)5-9-3/h6H,4-5H2,1-3H3. The summed E-state index contributed by atoms with van der Waals surface area (Å²) in [5, 5.41) is 0. The summed E-state index contributed by atoms with van der Waals surface area (Å²) in [4.78, 5) is 10.8. The number of hydrogen-bond acceptors (Lipinski definition) is 2. The molecule has 1 atom stereocenters. The van der Waals surface area contributed by atoms with Gasteiger partial charge in [0.2, 0.25) is 0 Å². The van der Waals surface area contributed by atoms with Crippen molar-refractivity contribution in [3.63, 3.8) is 0 Å². The lowest BCUT2D eigenvalue weighted by Crippen LogP contribution is -2.14. The molecule has 2 heteroatoms. The van der Waals surface area contributed by atoms with Crippen molar-refractivity contribution in [2.24, 2.45) is 5.92 Å². The van der Waals surface area contributed by atoms with E-state index in [0.29, 0.717) is 13.0 Å². The highest BCUT2D eigenvalue weighted by molar-refractivity contribution is 5.80. The Labute approximate surface area is 56.2 Å². The molecule has 0 aliphatic heterocycles. The van der Waals surface area contributed by atoms with Crippen LogP contribution in [0, 0.1) is 5.92 Å². The summed E-state index contributed by atoms with van der Waals surface area (Å²) >= 11 is 0. The molecule has 0 N–H and O–H groups in total. The van der Waals surface area contributed by atoms with Gasteiger partial charge in [0, 0.05) is 19.4 Å². The Balaban J connectivity index is 3.45. The fraction of sp³-hybridized carbons (Fsp3) is 0.857. The summed E-state index contributed by atoms with van der Waals surface area (Å²) < 4.78 is 4.81. The smallest absolute Gasteiger partial charge is 0.137 e. The Morgan fingerprint density at radius 2 is 2.22 bits per heavy atom. The number of ether oxygens (including phenoxy) is 1. The summed E-state index contributed by atoms with van der Waals surface area (Å²) in [5.74, 6) is 0.344. The van der Waals surface area contributed by atoms with Crippen molar-refractivity contribution >= 4 is 5.78 Å². The molecule has 0 heterocycles. The largest absolute Gasteiger partial charge is 0.384 e. The number of hydrogen-bond donors (Lipinski definition) is 0. The fourth-order valence-electron chi connectivity index (χ4n) is 0.691. The zero-order valence-electron chi connectivity index (χ0n) is 6.31. The van der Waals surface area contributed by atoms with Crippen molar-refractivity contribution in [1.29, 1.82) is 0 Å². The highest BCUT2D eigenvalue weighted by Crippen LogP contribution is 1.99. The summed E-state index contributed by atoms with van der Waals surface area (Å²) in [6, 6.07) is 0. The Bertz CT molecular complexity index is 88.9. The van der Waals surface area contributed by atoms with Gasteiger partial charge in [0.25, 0.3) is 0 Å². The average molecular weight is 130 g/mol. The number of Topliss-reactive ketones (excluding diaryl/α,β-unsaturated/α-hetero) is 1. The lowest BCUT2D eigenvalue weighted by molar-refractivity contribution is -0.123. The van der Waals surface area contributed by atoms with Gasteiger partial charge in [0.15, 0.2) is 0 Å². The number of carbonyl (C=O) groups excluding carboxylic acids is 1. The molecule has 0 saturated carbocycles. The summed E-state index contributed by atoms with van der Waals surface area (Å²) in [6.45, 7) is 4.30. The zero-order valence-corrected chi connectivity index (χ0v) is 6.31. The Morgan fingerprint density at radius 1 is 1.67 bits per heavy atom. The highest BCUT2D eigenvalue weighted by Gasteiger charge is 2.08. The monoisotopic (exact) mass is 130 g/mol. The molecular formula is C7H14O2. The Hall–Kier alpha value is -0.370. The topological polar surface area (TPSA) is 26.3 Å². The van der Waals surface area contributed by atoms with Crippen LogP contribution in [0.25, 0.3) is 0 Å². The van der Waals surface area contributed by atoms with Crippen molar-refractivity contribution in [2.75, 3.05) is 13.7 Å². The normalized spacial score (nSPS) is 13.2. The van der Waals surface area contributed by atoms with E-state index in [1.54, 1.807) is 7.11 Å². The molecular weight excluding hydrogens is 116 g/mol. The number of ketones is 1. The predicted molar refractivity (Wildman–Crippen MR) is 36.3 cm³/mol. The first-order chi connectivity index (χ1) is 4.22. The molecule has 0 rings (SSSR count). The SMILES string of the molecule is CCC(=O)C(C)COC. The molecule has 0 aromatic carbocycles. The highest BCUT2D eigenvalue weighted by atomic mass is 16.5. The van der Waals surface area contributed by atoms with Crippen molar-refractivity contribution in [3.8, 4) is 0 Å². The molecule has 9 heavy (non-hydrogen) atoms. The minimum Gasteiger partial charge on any atom is -0.384 e. The maximum Gasteiger partial charge on any atom is 0.137 e. The van der Waals surface area contributed by atoms with Crippen LogP contribution in [0.3, 0.4) is 0 Å². The van der Waals surface area contributed by atoms with Crippen molar-refractivity contribution in [3.05, 3.63) is 0 Å². The molecule has 0 aromatic rings. The molecule has 1 unspecified atom stereocenters. The second-order valence-electron chi connectivity index (χ2n) is 2.18. The van der Waals surface area contributed by atoms with Crippen LogP contribution in [0.1, 0.15) is 20.3 Å². The van der Waals surface area contributed by atoms with E-state index in [-0.39, 0.29) is 11.7 Å². The maximum absolute atomic E-state index is 10.8. The van der Waals surface area contributed by atoms with E-state index in [2.05, 4.69) is 0 Å². The molecule has 0 amide bonds. The predicted octanol–water partition coefficient (Wildman–Crippen LogP) is 1.25. The van der Waals surface area contributed by atoms with E-state index in [0.717, 1.165) is 0 Å². The van der Waals surface area contributed by atoms with Gasteiger partial charge < -0.3 is 4.74 Å². The van der Waals surface area contributed by atoms with Gasteiger partial charge in [-0.1, -0.05) is 13.8 Å². The summed E-state index contributed by atoms with van der Waals surface area (Å²) in [7, 11) is 1.61. The second-order valence-corrected chi connectivity index (χ2v) is 2.18. The third-order valence-corrected chi connectivity index (χ3v) is 1.31. The summed E-state index contributed by atoms with van der Waals surface area (Å²) in [5.41, 5.74) is 0. The number of rotatable bonds is 4. The minimum absolute atomic E-state index is 0.0694. The first-order valence-electron chi connectivity index (χ1n) is 3.24. The average Bonchev–Trinajstić information content (AvgIpc) is 1.87. The van der Waals surface area contributed by atoms with Crippen LogP contribution in [0.2, 0.25) is 0 Å². The number of carbonyl (C=O) groups is 1. The van der Waals surface area contributed by atoms with Gasteiger partial charge >= 0.3 is 0 Å². The first kappa shape index (κ1) is 8.63. The molecule has 0 saturated heterocycles. The molecule has 0 aliphatic carbocycles. The Kier molecular flexibility index (Phi) is 4.32. The van der Waals surface area contributed by atoms with E-state index in [1.807, 2.05) is 13.8 Å². The second kappa shape index (κ2) is 4.50. The van der Waals surface area contributed by atoms with Crippen LogP contribution in [0.15, 0.2) is 0 Å². The van der Waals surface area contributed by atoms with E-state index >= 15 is 0 Å². The molecule has 0 spiro atoms. The van der Waals surface area contributed by atoms with E-state index in [4.69, 9.17) is 4.74 Å². The van der Waals surface area contributed by atoms with Gasteiger partial charge in [0.1, 0.15) is 5.78 Å². The van der Waals surface area contributed by atoms with Crippen LogP contribution in [-0.4, -0.2) is 19.5 Å². The van der Waals surface area contributed by atoms with Gasteiger partial charge in [-0.15, -0.1) is 0 Å². The molecule has 0 aromatic heterocycles. The molecule has 54 valence electrons. The molecule has 0 bridgehead atoms. The fourth-order valence-corrected chi connectivity index (χ4v) is 0.691. The zero-order chi connectivity index (χ0) is 7.28. The third kappa shape index (κ3) is 3.25. The van der Waals surface area contributed by atoms with Crippen LogP contribution < -0.4 is 0 Å². The maximum atomic E-state index is 10.8. The lowest BCUT2D eigenvalue weighted by atomic mass is 10.1.